The Balaban J connectivity index is 0. The maximum atomic E-state index is 12.5. The fourth-order valence-electron chi connectivity index (χ4n) is 2.00. The van der Waals surface area contributed by atoms with Gasteiger partial charge in [0.15, 0.2) is 0 Å². The summed E-state index contributed by atoms with van der Waals surface area (Å²) < 4.78 is 24.9. The predicted molar refractivity (Wildman–Crippen MR) is 98.4 cm³/mol. The monoisotopic (exact) mass is 395 g/mol. The molecule has 0 bridgehead atoms. The Morgan fingerprint density at radius 1 is 0.923 bits per heavy atom. The van der Waals surface area contributed by atoms with Crippen LogP contribution in [0.5, 0.6) is 0 Å². The maximum Gasteiger partial charge on any atom is 1.00 e. The topological polar surface area (TPSA) is 82.1 Å². The fourth-order valence-corrected chi connectivity index (χ4v) is 2.08. The Morgan fingerprint density at radius 2 is 1.27 bits per heavy atom. The molecule has 0 unspecified atom stereocenters. The molecule has 2 aromatic rings. The van der Waals surface area contributed by atoms with Gasteiger partial charge < -0.3 is 16.8 Å². The van der Waals surface area contributed by atoms with Gasteiger partial charge >= 0.3 is 29.6 Å². The van der Waals surface area contributed by atoms with Crippen molar-refractivity contribution >= 4 is 11.8 Å². The van der Waals surface area contributed by atoms with Crippen LogP contribution in [0.15, 0.2) is 48.5 Å². The van der Waals surface area contributed by atoms with Crippen LogP contribution in [0.1, 0.15) is 25.0 Å². The summed E-state index contributed by atoms with van der Waals surface area (Å²) in [7, 11) is 0. The minimum Gasteiger partial charge on any atom is -0.553 e. The van der Waals surface area contributed by atoms with Crippen molar-refractivity contribution in [3.63, 3.8) is 0 Å². The minimum atomic E-state index is -0.203. The molecule has 5 N–H and O–H groups in total. The van der Waals surface area contributed by atoms with Crippen LogP contribution in [-0.4, -0.2) is 17.3 Å². The van der Waals surface area contributed by atoms with E-state index in [2.05, 4.69) is 4.84 Å². The van der Waals surface area contributed by atoms with Crippen LogP contribution in [0.4, 0.5) is 8.78 Å². The zero-order valence-corrected chi connectivity index (χ0v) is 18.1. The number of nitrogens with one attached hydrogen (secondary N) is 2. The SMILES string of the molecule is C[C@@H](Cc1ccc(F)cc1)NCl.C[C@H](N)Cc1ccc(F)cc1.[NH-]O.[Na+]. The smallest absolute Gasteiger partial charge is 0.553 e. The molecule has 0 radical (unpaired) electrons. The van der Waals surface area contributed by atoms with E-state index in [0.717, 1.165) is 24.0 Å². The summed E-state index contributed by atoms with van der Waals surface area (Å²) in [6.07, 6.45) is 1.62. The second-order valence-corrected chi connectivity index (χ2v) is 5.87. The van der Waals surface area contributed by atoms with Gasteiger partial charge in [0, 0.05) is 12.1 Å². The number of benzene rings is 2. The van der Waals surface area contributed by atoms with Gasteiger partial charge in [-0.15, -0.1) is 0 Å². The summed E-state index contributed by atoms with van der Waals surface area (Å²) >= 11 is 5.41. The number of halogens is 3. The molecule has 0 saturated carbocycles. The number of hydrogen-bond acceptors (Lipinski definition) is 3. The molecule has 0 fully saturated rings. The third kappa shape index (κ3) is 13.6. The van der Waals surface area contributed by atoms with E-state index in [1.54, 1.807) is 24.3 Å². The molecule has 0 aliphatic heterocycles. The maximum absolute atomic E-state index is 12.5. The zero-order chi connectivity index (χ0) is 19.2. The first-order valence-corrected chi connectivity index (χ1v) is 8.11. The normalized spacial score (nSPS) is 11.7. The van der Waals surface area contributed by atoms with Crippen LogP contribution in [0.2, 0.25) is 0 Å². The van der Waals surface area contributed by atoms with E-state index in [0.29, 0.717) is 0 Å². The van der Waals surface area contributed by atoms with Crippen LogP contribution >= 0.6 is 11.8 Å². The zero-order valence-electron chi connectivity index (χ0n) is 15.3. The van der Waals surface area contributed by atoms with E-state index in [1.165, 1.54) is 24.3 Å². The van der Waals surface area contributed by atoms with Gasteiger partial charge in [-0.3, -0.25) is 0 Å². The summed E-state index contributed by atoms with van der Waals surface area (Å²) in [5, 5.41) is 6.25. The van der Waals surface area contributed by atoms with Crippen LogP contribution in [-0.2, 0) is 12.8 Å². The number of rotatable bonds is 5. The van der Waals surface area contributed by atoms with Crippen LogP contribution in [0.3, 0.4) is 0 Å². The van der Waals surface area contributed by atoms with Crippen molar-refractivity contribution in [1.29, 1.82) is 0 Å². The van der Waals surface area contributed by atoms with Gasteiger partial charge in [-0.05, 0) is 73.9 Å². The van der Waals surface area contributed by atoms with Crippen LogP contribution in [0, 0.1) is 11.6 Å². The van der Waals surface area contributed by atoms with Crippen molar-refractivity contribution in [3.8, 4) is 0 Å². The molecule has 2 rings (SSSR count). The summed E-state index contributed by atoms with van der Waals surface area (Å²) in [5.41, 5.74) is 7.73. The van der Waals surface area contributed by atoms with Gasteiger partial charge in [-0.1, -0.05) is 24.3 Å². The van der Waals surface area contributed by atoms with Gasteiger partial charge in [0.25, 0.3) is 0 Å². The molecule has 2 atom stereocenters. The molecule has 0 spiro atoms. The van der Waals surface area contributed by atoms with E-state index in [-0.39, 0.29) is 53.3 Å². The fraction of sp³-hybridized carbons (Fsp3) is 0.333. The molecule has 0 heterocycles. The van der Waals surface area contributed by atoms with Gasteiger partial charge in [-0.2, -0.15) is 0 Å². The summed E-state index contributed by atoms with van der Waals surface area (Å²) in [4.78, 5) is 2.61. The predicted octanol–water partition coefficient (Wildman–Crippen LogP) is 1.65. The number of hydrogen-bond donors (Lipinski definition) is 3. The number of nitrogens with two attached hydrogens (primary N) is 1. The quantitative estimate of drug-likeness (QED) is 0.409. The standard InChI is InChI=1S/C9H11ClFN.C9H12FN.H2NO.Na/c1-7(12-10)6-8-2-4-9(11)5-3-8;1-7(11)6-8-2-4-9(10)5-3-8;1-2;/h2-5,7,12H,6H2,1H3;2-5,7H,6,11H2,1H3;1-2H;/q;;-1;+1/t2*7-;;/m00../s1. The second-order valence-electron chi connectivity index (χ2n) is 5.65. The average molecular weight is 396 g/mol. The summed E-state index contributed by atoms with van der Waals surface area (Å²) in [6.45, 7) is 3.90. The van der Waals surface area contributed by atoms with Crippen molar-refractivity contribution in [3.05, 3.63) is 77.2 Å². The van der Waals surface area contributed by atoms with Crippen molar-refractivity contribution in [2.45, 2.75) is 38.8 Å². The Bertz CT molecular complexity index is 572. The van der Waals surface area contributed by atoms with Gasteiger partial charge in [-0.25, -0.2) is 13.6 Å². The van der Waals surface area contributed by atoms with Gasteiger partial charge in [0.1, 0.15) is 11.6 Å². The van der Waals surface area contributed by atoms with E-state index in [4.69, 9.17) is 28.6 Å². The average Bonchev–Trinajstić information content (AvgIpc) is 2.61. The molecule has 2 aromatic carbocycles. The van der Waals surface area contributed by atoms with Crippen LogP contribution < -0.4 is 40.1 Å². The van der Waals surface area contributed by atoms with E-state index in [9.17, 15) is 8.78 Å². The molecule has 26 heavy (non-hydrogen) atoms. The molecule has 140 valence electrons. The van der Waals surface area contributed by atoms with Gasteiger partial charge in [0.2, 0.25) is 0 Å². The first-order valence-electron chi connectivity index (χ1n) is 7.73. The molecular formula is C18H25ClF2N3NaO. The third-order valence-corrected chi connectivity index (χ3v) is 3.48. The molecular weight excluding hydrogens is 371 g/mol. The summed E-state index contributed by atoms with van der Waals surface area (Å²) in [6, 6.07) is 13.2. The molecule has 0 aliphatic carbocycles. The molecule has 4 nitrogen and oxygen atoms in total. The second kappa shape index (κ2) is 16.6. The molecule has 0 saturated heterocycles. The first kappa shape index (κ1) is 27.6. The Hall–Kier alpha value is -0.570. The Morgan fingerprint density at radius 3 is 1.58 bits per heavy atom. The van der Waals surface area contributed by atoms with Crippen molar-refractivity contribution in [1.82, 2.24) is 4.84 Å². The van der Waals surface area contributed by atoms with Crippen molar-refractivity contribution in [2.75, 3.05) is 0 Å². The molecule has 8 heteroatoms. The van der Waals surface area contributed by atoms with E-state index >= 15 is 0 Å². The largest absolute Gasteiger partial charge is 1.00 e. The Kier molecular flexibility index (Phi) is 17.6. The third-order valence-electron chi connectivity index (χ3n) is 3.11. The summed E-state index contributed by atoms with van der Waals surface area (Å²) in [5.74, 6) is 4.35. The first-order chi connectivity index (χ1) is 11.9. The molecule has 0 amide bonds. The molecule has 0 aromatic heterocycles. The molecule has 0 aliphatic rings. The minimum absolute atomic E-state index is 0. The van der Waals surface area contributed by atoms with E-state index < -0.39 is 0 Å². The Labute approximate surface area is 181 Å². The van der Waals surface area contributed by atoms with Gasteiger partial charge in [0.05, 0.1) is 0 Å². The van der Waals surface area contributed by atoms with Crippen molar-refractivity contribution < 1.29 is 43.5 Å². The van der Waals surface area contributed by atoms with Crippen molar-refractivity contribution in [2.24, 2.45) is 5.73 Å². The van der Waals surface area contributed by atoms with E-state index in [1.807, 2.05) is 13.8 Å². The van der Waals surface area contributed by atoms with Crippen LogP contribution in [0.25, 0.3) is 5.90 Å².